The Morgan fingerprint density at radius 2 is 2.26 bits per heavy atom. The highest BCUT2D eigenvalue weighted by atomic mass is 35.5. The number of hydrogen-bond acceptors (Lipinski definition) is 6. The van der Waals surface area contributed by atoms with Gasteiger partial charge in [0.15, 0.2) is 0 Å². The number of amides is 1. The second-order valence-corrected chi connectivity index (χ2v) is 3.91. The highest BCUT2D eigenvalue weighted by Gasteiger charge is 2.21. The van der Waals surface area contributed by atoms with E-state index < -0.39 is 10.8 Å². The fourth-order valence-corrected chi connectivity index (χ4v) is 1.52. The summed E-state index contributed by atoms with van der Waals surface area (Å²) in [6, 6.07) is 3.68. The van der Waals surface area contributed by atoms with E-state index in [2.05, 4.69) is 20.7 Å². The number of nitro groups is 1. The Labute approximate surface area is 111 Å². The molecule has 2 rings (SSSR count). The number of halogens is 1. The van der Waals surface area contributed by atoms with E-state index in [1.165, 1.54) is 19.2 Å². The van der Waals surface area contributed by atoms with Crippen LogP contribution in [-0.4, -0.2) is 31.0 Å². The molecule has 0 spiro atoms. The van der Waals surface area contributed by atoms with Gasteiger partial charge in [-0.25, -0.2) is 0 Å². The van der Waals surface area contributed by atoms with E-state index in [1.54, 1.807) is 0 Å². The quantitative estimate of drug-likeness (QED) is 0.664. The first-order valence-corrected chi connectivity index (χ1v) is 5.34. The molecule has 1 N–H and O–H groups in total. The molecule has 0 saturated carbocycles. The molecule has 1 amide bonds. The minimum atomic E-state index is -0.734. The van der Waals surface area contributed by atoms with Gasteiger partial charge in [0.1, 0.15) is 5.56 Å². The van der Waals surface area contributed by atoms with Crippen LogP contribution >= 0.6 is 11.6 Å². The number of nitrogens with zero attached hydrogens (tertiary/aromatic N) is 5. The van der Waals surface area contributed by atoms with Crippen LogP contribution in [0, 0.1) is 10.1 Å². The Hall–Kier alpha value is -2.55. The van der Waals surface area contributed by atoms with E-state index in [9.17, 15) is 14.9 Å². The van der Waals surface area contributed by atoms with Crippen molar-refractivity contribution in [3.8, 4) is 0 Å². The first kappa shape index (κ1) is 12.9. The minimum Gasteiger partial charge on any atom is -0.288 e. The lowest BCUT2D eigenvalue weighted by Crippen LogP contribution is -2.15. The van der Waals surface area contributed by atoms with Gasteiger partial charge in [0.25, 0.3) is 17.5 Å². The van der Waals surface area contributed by atoms with E-state index >= 15 is 0 Å². The highest BCUT2D eigenvalue weighted by molar-refractivity contribution is 6.31. The summed E-state index contributed by atoms with van der Waals surface area (Å²) in [5.74, 6) is -0.788. The molecule has 9 nitrogen and oxygen atoms in total. The Bertz CT molecular complexity index is 655. The zero-order valence-corrected chi connectivity index (χ0v) is 10.3. The Morgan fingerprint density at radius 3 is 2.84 bits per heavy atom. The molecule has 0 saturated heterocycles. The van der Waals surface area contributed by atoms with Crippen LogP contribution < -0.4 is 5.32 Å². The van der Waals surface area contributed by atoms with Crippen molar-refractivity contribution < 1.29 is 9.72 Å². The average Bonchev–Trinajstić information content (AvgIpc) is 2.74. The van der Waals surface area contributed by atoms with Crippen molar-refractivity contribution in [3.05, 3.63) is 38.9 Å². The van der Waals surface area contributed by atoms with Crippen molar-refractivity contribution in [2.24, 2.45) is 7.05 Å². The molecule has 1 aromatic carbocycles. The molecule has 19 heavy (non-hydrogen) atoms. The second-order valence-electron chi connectivity index (χ2n) is 3.48. The van der Waals surface area contributed by atoms with Gasteiger partial charge in [-0.15, -0.1) is 5.10 Å². The molecular formula is C9H7ClN6O3. The summed E-state index contributed by atoms with van der Waals surface area (Å²) in [6.07, 6.45) is 0. The zero-order chi connectivity index (χ0) is 14.0. The largest absolute Gasteiger partial charge is 0.288 e. The van der Waals surface area contributed by atoms with E-state index in [1.807, 2.05) is 0 Å². The molecule has 0 aliphatic heterocycles. The number of anilines is 1. The topological polar surface area (TPSA) is 116 Å². The highest BCUT2D eigenvalue weighted by Crippen LogP contribution is 2.23. The number of carbonyl (C=O) groups excluding carboxylic acids is 1. The molecule has 0 atom stereocenters. The molecule has 0 unspecified atom stereocenters. The zero-order valence-electron chi connectivity index (χ0n) is 9.57. The molecule has 2 aromatic rings. The number of tetrazole rings is 1. The first-order valence-electron chi connectivity index (χ1n) is 4.96. The third-order valence-corrected chi connectivity index (χ3v) is 2.37. The number of aromatic nitrogens is 4. The number of rotatable bonds is 3. The summed E-state index contributed by atoms with van der Waals surface area (Å²) in [5, 5.41) is 24.1. The molecule has 1 aromatic heterocycles. The first-order chi connectivity index (χ1) is 8.97. The van der Waals surface area contributed by atoms with Crippen LogP contribution in [0.15, 0.2) is 18.2 Å². The Balaban J connectivity index is 2.32. The molecule has 1 heterocycles. The third kappa shape index (κ3) is 2.83. The number of nitro benzene ring substituents is 1. The van der Waals surface area contributed by atoms with Crippen molar-refractivity contribution >= 4 is 29.1 Å². The third-order valence-electron chi connectivity index (χ3n) is 2.13. The van der Waals surface area contributed by atoms with E-state index in [0.29, 0.717) is 0 Å². The molecule has 0 radical (unpaired) electrons. The van der Waals surface area contributed by atoms with Crippen LogP contribution in [0.2, 0.25) is 5.02 Å². The van der Waals surface area contributed by atoms with Crippen LogP contribution in [0.25, 0.3) is 0 Å². The Morgan fingerprint density at radius 1 is 1.53 bits per heavy atom. The number of hydrogen-bond donors (Lipinski definition) is 1. The second kappa shape index (κ2) is 4.98. The van der Waals surface area contributed by atoms with Crippen LogP contribution in [-0.2, 0) is 7.05 Å². The summed E-state index contributed by atoms with van der Waals surface area (Å²) < 4.78 is 0. The van der Waals surface area contributed by atoms with Crippen LogP contribution in [0.5, 0.6) is 0 Å². The van der Waals surface area contributed by atoms with Gasteiger partial charge in [0.05, 0.1) is 12.0 Å². The summed E-state index contributed by atoms with van der Waals surface area (Å²) in [7, 11) is 1.52. The van der Waals surface area contributed by atoms with Crippen LogP contribution in [0.1, 0.15) is 10.4 Å². The van der Waals surface area contributed by atoms with Crippen molar-refractivity contribution in [1.29, 1.82) is 0 Å². The van der Waals surface area contributed by atoms with Gasteiger partial charge in [-0.1, -0.05) is 16.7 Å². The predicted octanol–water partition coefficient (Wildman–Crippen LogP) is 1.02. The Kier molecular flexibility index (Phi) is 3.38. The maximum atomic E-state index is 11.9. The van der Waals surface area contributed by atoms with E-state index in [4.69, 9.17) is 11.6 Å². The SMILES string of the molecule is Cn1nnc(NC(=O)c2cc(Cl)ccc2[N+](=O)[O-])n1. The molecule has 0 aliphatic carbocycles. The van der Waals surface area contributed by atoms with Gasteiger partial charge in [0, 0.05) is 11.1 Å². The fourth-order valence-electron chi connectivity index (χ4n) is 1.35. The van der Waals surface area contributed by atoms with Crippen molar-refractivity contribution in [3.63, 3.8) is 0 Å². The normalized spacial score (nSPS) is 10.2. The van der Waals surface area contributed by atoms with Crippen molar-refractivity contribution in [1.82, 2.24) is 20.2 Å². The number of nitrogens with one attached hydrogen (secondary N) is 1. The maximum absolute atomic E-state index is 11.9. The number of carbonyl (C=O) groups is 1. The number of benzene rings is 1. The summed E-state index contributed by atoms with van der Waals surface area (Å²) in [4.78, 5) is 23.2. The molecule has 0 bridgehead atoms. The van der Waals surface area contributed by atoms with Gasteiger partial charge >= 0.3 is 0 Å². The van der Waals surface area contributed by atoms with Gasteiger partial charge < -0.3 is 0 Å². The summed E-state index contributed by atoms with van der Waals surface area (Å²) >= 11 is 5.72. The molecule has 0 aliphatic rings. The smallest absolute Gasteiger partial charge is 0.282 e. The lowest BCUT2D eigenvalue weighted by Gasteiger charge is -2.02. The van der Waals surface area contributed by atoms with Crippen molar-refractivity contribution in [2.75, 3.05) is 5.32 Å². The van der Waals surface area contributed by atoms with Crippen molar-refractivity contribution in [2.45, 2.75) is 0 Å². The molecule has 98 valence electrons. The van der Waals surface area contributed by atoms with Gasteiger partial charge in [-0.2, -0.15) is 4.80 Å². The lowest BCUT2D eigenvalue weighted by molar-refractivity contribution is -0.385. The monoisotopic (exact) mass is 282 g/mol. The fraction of sp³-hybridized carbons (Fsp3) is 0.111. The van der Waals surface area contributed by atoms with Gasteiger partial charge in [-0.05, 0) is 17.3 Å². The van der Waals surface area contributed by atoms with Gasteiger partial charge in [-0.3, -0.25) is 20.2 Å². The van der Waals surface area contributed by atoms with Crippen LogP contribution in [0.4, 0.5) is 11.6 Å². The summed E-state index contributed by atoms with van der Waals surface area (Å²) in [6.45, 7) is 0. The molecule has 0 fully saturated rings. The van der Waals surface area contributed by atoms with Gasteiger partial charge in [0.2, 0.25) is 0 Å². The average molecular weight is 283 g/mol. The van der Waals surface area contributed by atoms with E-state index in [-0.39, 0.29) is 22.2 Å². The molecular weight excluding hydrogens is 276 g/mol. The predicted molar refractivity (Wildman–Crippen MR) is 64.9 cm³/mol. The standard InChI is InChI=1S/C9H7ClN6O3/c1-15-13-9(12-14-15)11-8(17)6-4-5(10)2-3-7(6)16(18)19/h2-4H,1H3,(H,11,13,17). The van der Waals surface area contributed by atoms with E-state index in [0.717, 1.165) is 10.9 Å². The number of aryl methyl sites for hydroxylation is 1. The van der Waals surface area contributed by atoms with Crippen LogP contribution in [0.3, 0.4) is 0 Å². The lowest BCUT2D eigenvalue weighted by atomic mass is 10.1. The minimum absolute atomic E-state index is 0.0539. The maximum Gasteiger partial charge on any atom is 0.282 e. The molecule has 10 heteroatoms. The summed E-state index contributed by atoms with van der Waals surface area (Å²) in [5.41, 5.74) is -0.532.